The van der Waals surface area contributed by atoms with Crippen LogP contribution < -0.4 is 10.2 Å². The second-order valence-electron chi connectivity index (χ2n) is 7.23. The lowest BCUT2D eigenvalue weighted by atomic mass is 10.1. The summed E-state index contributed by atoms with van der Waals surface area (Å²) < 4.78 is 0. The predicted molar refractivity (Wildman–Crippen MR) is 111 cm³/mol. The highest BCUT2D eigenvalue weighted by Gasteiger charge is 2.25. The Balaban J connectivity index is 1.52. The van der Waals surface area contributed by atoms with Gasteiger partial charge in [0.25, 0.3) is 0 Å². The minimum absolute atomic E-state index is 0.0260. The third kappa shape index (κ3) is 5.36. The zero-order valence-corrected chi connectivity index (χ0v) is 16.7. The molecule has 0 radical (unpaired) electrons. The molecule has 142 valence electrons. The first-order chi connectivity index (χ1) is 13.0. The number of thioether (sulfide) groups is 1. The van der Waals surface area contributed by atoms with Crippen molar-refractivity contribution in [3.8, 4) is 0 Å². The number of rotatable bonds is 7. The van der Waals surface area contributed by atoms with E-state index in [0.29, 0.717) is 24.6 Å². The van der Waals surface area contributed by atoms with Crippen molar-refractivity contribution in [2.45, 2.75) is 38.1 Å². The van der Waals surface area contributed by atoms with Gasteiger partial charge in [-0.25, -0.2) is 0 Å². The van der Waals surface area contributed by atoms with Crippen LogP contribution in [0.4, 0.5) is 5.69 Å². The van der Waals surface area contributed by atoms with Crippen LogP contribution in [0.3, 0.4) is 0 Å². The number of nitrogens with one attached hydrogen (secondary N) is 1. The zero-order chi connectivity index (χ0) is 19.2. The molecule has 5 heteroatoms. The summed E-state index contributed by atoms with van der Waals surface area (Å²) in [6.07, 6.45) is 1.46. The Hall–Kier alpha value is -2.27. The monoisotopic (exact) mass is 382 g/mol. The maximum absolute atomic E-state index is 12.4. The van der Waals surface area contributed by atoms with Crippen LogP contribution in [0.5, 0.6) is 0 Å². The van der Waals surface area contributed by atoms with Crippen LogP contribution in [0.1, 0.15) is 31.4 Å². The minimum atomic E-state index is 0.0260. The lowest BCUT2D eigenvalue weighted by molar-refractivity contribution is -0.119. The van der Waals surface area contributed by atoms with Gasteiger partial charge in [0, 0.05) is 30.1 Å². The van der Waals surface area contributed by atoms with Crippen molar-refractivity contribution in [1.29, 1.82) is 0 Å². The second kappa shape index (κ2) is 9.09. The van der Waals surface area contributed by atoms with E-state index >= 15 is 0 Å². The first-order valence-electron chi connectivity index (χ1n) is 9.39. The Bertz CT molecular complexity index is 805. The molecule has 0 fully saturated rings. The van der Waals surface area contributed by atoms with E-state index < -0.39 is 0 Å². The highest BCUT2D eigenvalue weighted by atomic mass is 32.2. The Morgan fingerprint density at radius 2 is 1.93 bits per heavy atom. The van der Waals surface area contributed by atoms with E-state index in [4.69, 9.17) is 0 Å². The van der Waals surface area contributed by atoms with Gasteiger partial charge in [-0.15, -0.1) is 11.8 Å². The SMILES string of the molecule is CC(C)CC(=O)N1CCc2cc(CNC(=O)CSc3ccccc3)ccc21. The van der Waals surface area contributed by atoms with Crippen LogP contribution in [-0.2, 0) is 22.6 Å². The molecule has 0 bridgehead atoms. The Morgan fingerprint density at radius 1 is 1.15 bits per heavy atom. The molecule has 2 aromatic carbocycles. The molecule has 1 heterocycles. The summed E-state index contributed by atoms with van der Waals surface area (Å²) in [4.78, 5) is 27.4. The molecular weight excluding hydrogens is 356 g/mol. The molecule has 1 aliphatic heterocycles. The Kier molecular flexibility index (Phi) is 6.56. The van der Waals surface area contributed by atoms with Gasteiger partial charge in [-0.1, -0.05) is 44.2 Å². The number of hydrogen-bond acceptors (Lipinski definition) is 3. The maximum atomic E-state index is 12.4. The van der Waals surface area contributed by atoms with Gasteiger partial charge in [0.1, 0.15) is 0 Å². The summed E-state index contributed by atoms with van der Waals surface area (Å²) >= 11 is 1.54. The third-order valence-corrected chi connectivity index (χ3v) is 5.54. The summed E-state index contributed by atoms with van der Waals surface area (Å²) in [7, 11) is 0. The van der Waals surface area contributed by atoms with E-state index in [2.05, 4.69) is 25.2 Å². The fraction of sp³-hybridized carbons (Fsp3) is 0.364. The van der Waals surface area contributed by atoms with Crippen LogP contribution in [0.2, 0.25) is 0 Å². The van der Waals surface area contributed by atoms with E-state index in [9.17, 15) is 9.59 Å². The smallest absolute Gasteiger partial charge is 0.230 e. The molecule has 2 amide bonds. The van der Waals surface area contributed by atoms with Crippen LogP contribution >= 0.6 is 11.8 Å². The molecule has 0 saturated heterocycles. The molecule has 1 aliphatic rings. The highest BCUT2D eigenvalue weighted by molar-refractivity contribution is 8.00. The average molecular weight is 383 g/mol. The molecule has 27 heavy (non-hydrogen) atoms. The van der Waals surface area contributed by atoms with Crippen molar-refractivity contribution < 1.29 is 9.59 Å². The molecule has 0 aliphatic carbocycles. The summed E-state index contributed by atoms with van der Waals surface area (Å²) in [5, 5.41) is 2.98. The van der Waals surface area contributed by atoms with Gasteiger partial charge in [-0.3, -0.25) is 9.59 Å². The largest absolute Gasteiger partial charge is 0.351 e. The topological polar surface area (TPSA) is 49.4 Å². The van der Waals surface area contributed by atoms with Gasteiger partial charge in [0.05, 0.1) is 5.75 Å². The average Bonchev–Trinajstić information content (AvgIpc) is 3.08. The predicted octanol–water partition coefficient (Wildman–Crippen LogP) is 4.03. The summed E-state index contributed by atoms with van der Waals surface area (Å²) in [6, 6.07) is 16.1. The van der Waals surface area contributed by atoms with Crippen molar-refractivity contribution in [1.82, 2.24) is 5.32 Å². The van der Waals surface area contributed by atoms with E-state index in [1.165, 1.54) is 17.3 Å². The quantitative estimate of drug-likeness (QED) is 0.736. The van der Waals surface area contributed by atoms with E-state index in [-0.39, 0.29) is 11.8 Å². The van der Waals surface area contributed by atoms with Crippen LogP contribution in [0, 0.1) is 5.92 Å². The summed E-state index contributed by atoms with van der Waals surface area (Å²) in [6.45, 7) is 5.40. The van der Waals surface area contributed by atoms with E-state index in [0.717, 1.165) is 29.1 Å². The van der Waals surface area contributed by atoms with Crippen molar-refractivity contribution in [2.75, 3.05) is 17.2 Å². The Morgan fingerprint density at radius 3 is 2.67 bits per heavy atom. The van der Waals surface area contributed by atoms with Crippen molar-refractivity contribution in [3.05, 3.63) is 59.7 Å². The lowest BCUT2D eigenvalue weighted by Gasteiger charge is -2.18. The maximum Gasteiger partial charge on any atom is 0.230 e. The molecule has 2 aromatic rings. The molecule has 0 atom stereocenters. The number of carbonyl (C=O) groups excluding carboxylic acids is 2. The normalized spacial score (nSPS) is 12.9. The molecule has 1 N–H and O–H groups in total. The van der Waals surface area contributed by atoms with E-state index in [1.54, 1.807) is 0 Å². The number of nitrogens with zero attached hydrogens (tertiary/aromatic N) is 1. The first-order valence-corrected chi connectivity index (χ1v) is 10.4. The third-order valence-electron chi connectivity index (χ3n) is 4.53. The fourth-order valence-electron chi connectivity index (χ4n) is 3.20. The summed E-state index contributed by atoms with van der Waals surface area (Å²) in [5.74, 6) is 0.998. The van der Waals surface area contributed by atoms with E-state index in [1.807, 2.05) is 47.4 Å². The minimum Gasteiger partial charge on any atom is -0.351 e. The van der Waals surface area contributed by atoms with Gasteiger partial charge in [0.2, 0.25) is 11.8 Å². The number of carbonyl (C=O) groups is 2. The molecular formula is C22H26N2O2S. The van der Waals surface area contributed by atoms with Crippen LogP contribution in [0.25, 0.3) is 0 Å². The number of anilines is 1. The van der Waals surface area contributed by atoms with Crippen LogP contribution in [0.15, 0.2) is 53.4 Å². The van der Waals surface area contributed by atoms with Gasteiger partial charge < -0.3 is 10.2 Å². The molecule has 0 spiro atoms. The molecule has 3 rings (SSSR count). The number of amides is 2. The number of benzene rings is 2. The van der Waals surface area contributed by atoms with Crippen molar-refractivity contribution in [3.63, 3.8) is 0 Å². The van der Waals surface area contributed by atoms with Crippen LogP contribution in [-0.4, -0.2) is 24.1 Å². The van der Waals surface area contributed by atoms with Gasteiger partial charge >= 0.3 is 0 Å². The molecule has 0 saturated carbocycles. The molecule has 0 unspecified atom stereocenters. The number of hydrogen-bond donors (Lipinski definition) is 1. The number of fused-ring (bicyclic) bond motifs is 1. The van der Waals surface area contributed by atoms with Gasteiger partial charge in [0.15, 0.2) is 0 Å². The highest BCUT2D eigenvalue weighted by Crippen LogP contribution is 2.30. The molecule has 4 nitrogen and oxygen atoms in total. The van der Waals surface area contributed by atoms with Crippen molar-refractivity contribution in [2.24, 2.45) is 5.92 Å². The van der Waals surface area contributed by atoms with Gasteiger partial charge in [-0.05, 0) is 41.7 Å². The second-order valence-corrected chi connectivity index (χ2v) is 8.28. The Labute approximate surface area is 165 Å². The summed E-state index contributed by atoms with van der Waals surface area (Å²) in [5.41, 5.74) is 3.29. The first kappa shape index (κ1) is 19.5. The fourth-order valence-corrected chi connectivity index (χ4v) is 3.95. The standard InChI is InChI=1S/C22H26N2O2S/c1-16(2)12-22(26)24-11-10-18-13-17(8-9-20(18)24)14-23-21(25)15-27-19-6-4-3-5-7-19/h3-9,13,16H,10-12,14-15H2,1-2H3,(H,23,25). The molecule has 0 aromatic heterocycles. The van der Waals surface area contributed by atoms with Gasteiger partial charge in [-0.2, -0.15) is 0 Å². The zero-order valence-electron chi connectivity index (χ0n) is 15.9. The van der Waals surface area contributed by atoms with Crippen molar-refractivity contribution >= 4 is 29.3 Å². The lowest BCUT2D eigenvalue weighted by Crippen LogP contribution is -2.29.